The molecule has 4 heteroatoms. The van der Waals surface area contributed by atoms with Crippen molar-refractivity contribution in [3.8, 4) is 0 Å². The molecule has 0 aliphatic rings. The van der Waals surface area contributed by atoms with Crippen molar-refractivity contribution < 1.29 is 0 Å². The quantitative estimate of drug-likeness (QED) is 0.765. The fourth-order valence-corrected chi connectivity index (χ4v) is 2.58. The summed E-state index contributed by atoms with van der Waals surface area (Å²) in [5.74, 6) is 0. The minimum atomic E-state index is 0.814. The molecule has 0 bridgehead atoms. The van der Waals surface area contributed by atoms with Gasteiger partial charge in [-0.15, -0.1) is 11.3 Å². The largest absolute Gasteiger partial charge is 0.357 e. The average Bonchev–Trinajstić information content (AvgIpc) is 2.96. The zero-order valence-corrected chi connectivity index (χ0v) is 10.4. The topological polar surface area (TPSA) is 29.9 Å². The zero-order valence-electron chi connectivity index (χ0n) is 9.55. The highest BCUT2D eigenvalue weighted by molar-refractivity contribution is 7.13. The molecular formula is C13H13N3S. The third-order valence-electron chi connectivity index (χ3n) is 2.84. The average molecular weight is 243 g/mol. The van der Waals surface area contributed by atoms with Crippen molar-refractivity contribution in [3.63, 3.8) is 0 Å². The molecule has 0 spiro atoms. The van der Waals surface area contributed by atoms with Crippen LogP contribution >= 0.6 is 11.3 Å². The maximum atomic E-state index is 4.22. The predicted molar refractivity (Wildman–Crippen MR) is 72.4 cm³/mol. The van der Waals surface area contributed by atoms with Crippen LogP contribution < -0.4 is 5.32 Å². The van der Waals surface area contributed by atoms with Crippen LogP contribution in [0, 0.1) is 0 Å². The second-order valence-electron chi connectivity index (χ2n) is 3.97. The Morgan fingerprint density at radius 1 is 1.35 bits per heavy atom. The summed E-state index contributed by atoms with van der Waals surface area (Å²) in [5, 5.41) is 7.59. The summed E-state index contributed by atoms with van der Waals surface area (Å²) < 4.78 is 2.16. The molecule has 2 aromatic heterocycles. The van der Waals surface area contributed by atoms with Crippen molar-refractivity contribution in [2.45, 2.75) is 6.54 Å². The van der Waals surface area contributed by atoms with Crippen molar-refractivity contribution in [3.05, 3.63) is 47.6 Å². The fourth-order valence-electron chi connectivity index (χ4n) is 2.05. The maximum absolute atomic E-state index is 4.22. The molecular weight excluding hydrogens is 230 g/mol. The Balaban J connectivity index is 1.90. The van der Waals surface area contributed by atoms with Gasteiger partial charge in [0.2, 0.25) is 0 Å². The number of rotatable bonds is 3. The van der Waals surface area contributed by atoms with Gasteiger partial charge in [-0.25, -0.2) is 4.98 Å². The van der Waals surface area contributed by atoms with E-state index in [2.05, 4.69) is 52.4 Å². The van der Waals surface area contributed by atoms with Crippen LogP contribution in [0.25, 0.3) is 10.9 Å². The van der Waals surface area contributed by atoms with Gasteiger partial charge < -0.3 is 9.88 Å². The van der Waals surface area contributed by atoms with Gasteiger partial charge in [0.25, 0.3) is 0 Å². The monoisotopic (exact) mass is 243 g/mol. The molecule has 3 aromatic rings. The summed E-state index contributed by atoms with van der Waals surface area (Å²) in [7, 11) is 2.08. The number of aryl methyl sites for hydroxylation is 1. The van der Waals surface area contributed by atoms with E-state index in [1.54, 1.807) is 11.3 Å². The SMILES string of the molecule is Cn1cc(CNc2nccs2)c2ccccc21. The summed E-state index contributed by atoms with van der Waals surface area (Å²) in [6.45, 7) is 0.814. The zero-order chi connectivity index (χ0) is 11.7. The predicted octanol–water partition coefficient (Wildman–Crippen LogP) is 3.25. The number of anilines is 1. The van der Waals surface area contributed by atoms with Gasteiger partial charge in [-0.2, -0.15) is 0 Å². The van der Waals surface area contributed by atoms with Gasteiger partial charge >= 0.3 is 0 Å². The van der Waals surface area contributed by atoms with Crippen molar-refractivity contribution in [2.24, 2.45) is 7.05 Å². The summed E-state index contributed by atoms with van der Waals surface area (Å²) in [4.78, 5) is 4.22. The number of para-hydroxylation sites is 1. The molecule has 0 amide bonds. The number of thiazole rings is 1. The highest BCUT2D eigenvalue weighted by atomic mass is 32.1. The van der Waals surface area contributed by atoms with E-state index < -0.39 is 0 Å². The second kappa shape index (κ2) is 4.22. The Bertz CT molecular complexity index is 625. The lowest BCUT2D eigenvalue weighted by molar-refractivity contribution is 0.955. The van der Waals surface area contributed by atoms with E-state index in [4.69, 9.17) is 0 Å². The third-order valence-corrected chi connectivity index (χ3v) is 3.57. The van der Waals surface area contributed by atoms with Crippen LogP contribution in [0.5, 0.6) is 0 Å². The van der Waals surface area contributed by atoms with Crippen LogP contribution in [0.4, 0.5) is 5.13 Å². The minimum absolute atomic E-state index is 0.814. The molecule has 3 nitrogen and oxygen atoms in total. The lowest BCUT2D eigenvalue weighted by Gasteiger charge is -2.00. The molecule has 0 saturated heterocycles. The van der Waals surface area contributed by atoms with Crippen molar-refractivity contribution in [2.75, 3.05) is 5.32 Å². The van der Waals surface area contributed by atoms with Gasteiger partial charge in [-0.3, -0.25) is 0 Å². The van der Waals surface area contributed by atoms with E-state index in [0.29, 0.717) is 0 Å². The number of nitrogens with one attached hydrogen (secondary N) is 1. The number of hydrogen-bond donors (Lipinski definition) is 1. The molecule has 0 atom stereocenters. The first-order valence-electron chi connectivity index (χ1n) is 5.51. The van der Waals surface area contributed by atoms with Crippen LogP contribution in [0.3, 0.4) is 0 Å². The van der Waals surface area contributed by atoms with Gasteiger partial charge in [0, 0.05) is 42.3 Å². The number of benzene rings is 1. The van der Waals surface area contributed by atoms with E-state index in [1.165, 1.54) is 16.5 Å². The van der Waals surface area contributed by atoms with E-state index in [-0.39, 0.29) is 0 Å². The summed E-state index contributed by atoms with van der Waals surface area (Å²) >= 11 is 1.63. The van der Waals surface area contributed by atoms with Gasteiger partial charge in [0.1, 0.15) is 0 Å². The Labute approximate surface area is 104 Å². The van der Waals surface area contributed by atoms with Crippen LogP contribution in [0.1, 0.15) is 5.56 Å². The van der Waals surface area contributed by atoms with Gasteiger partial charge in [-0.1, -0.05) is 18.2 Å². The fraction of sp³-hybridized carbons (Fsp3) is 0.154. The Kier molecular flexibility index (Phi) is 2.57. The molecule has 0 aliphatic carbocycles. The van der Waals surface area contributed by atoms with E-state index in [0.717, 1.165) is 11.7 Å². The van der Waals surface area contributed by atoms with Crippen LogP contribution in [-0.2, 0) is 13.6 Å². The van der Waals surface area contributed by atoms with Crippen LogP contribution in [0.15, 0.2) is 42.0 Å². The minimum Gasteiger partial charge on any atom is -0.357 e. The molecule has 3 rings (SSSR count). The number of nitrogens with zero attached hydrogens (tertiary/aromatic N) is 2. The molecule has 86 valence electrons. The standard InChI is InChI=1S/C13H13N3S/c1-16-9-10(8-15-13-14-6-7-17-13)11-4-2-3-5-12(11)16/h2-7,9H,8H2,1H3,(H,14,15). The number of fused-ring (bicyclic) bond motifs is 1. The normalized spacial score (nSPS) is 10.9. The summed E-state index contributed by atoms with van der Waals surface area (Å²) in [6.07, 6.45) is 3.99. The molecule has 0 aliphatic heterocycles. The molecule has 1 aromatic carbocycles. The first-order chi connectivity index (χ1) is 8.34. The first kappa shape index (κ1) is 10.4. The summed E-state index contributed by atoms with van der Waals surface area (Å²) in [6, 6.07) is 8.45. The third kappa shape index (κ3) is 1.91. The maximum Gasteiger partial charge on any atom is 0.182 e. The summed E-state index contributed by atoms with van der Waals surface area (Å²) in [5.41, 5.74) is 2.57. The van der Waals surface area contributed by atoms with Crippen molar-refractivity contribution in [1.29, 1.82) is 0 Å². The van der Waals surface area contributed by atoms with Gasteiger partial charge in [-0.05, 0) is 11.6 Å². The number of hydrogen-bond acceptors (Lipinski definition) is 3. The Hall–Kier alpha value is -1.81. The Morgan fingerprint density at radius 2 is 2.24 bits per heavy atom. The van der Waals surface area contributed by atoms with Crippen molar-refractivity contribution >= 4 is 27.4 Å². The lowest BCUT2D eigenvalue weighted by atomic mass is 10.2. The van der Waals surface area contributed by atoms with Gasteiger partial charge in [0.05, 0.1) is 0 Å². The smallest absolute Gasteiger partial charge is 0.182 e. The van der Waals surface area contributed by atoms with E-state index >= 15 is 0 Å². The van der Waals surface area contributed by atoms with Crippen LogP contribution in [-0.4, -0.2) is 9.55 Å². The molecule has 0 unspecified atom stereocenters. The Morgan fingerprint density at radius 3 is 3.06 bits per heavy atom. The van der Waals surface area contributed by atoms with Crippen molar-refractivity contribution in [1.82, 2.24) is 9.55 Å². The van der Waals surface area contributed by atoms with Gasteiger partial charge in [0.15, 0.2) is 5.13 Å². The second-order valence-corrected chi connectivity index (χ2v) is 4.87. The van der Waals surface area contributed by atoms with Crippen LogP contribution in [0.2, 0.25) is 0 Å². The molecule has 0 radical (unpaired) electrons. The highest BCUT2D eigenvalue weighted by Crippen LogP contribution is 2.21. The molecule has 2 heterocycles. The molecule has 17 heavy (non-hydrogen) atoms. The molecule has 0 saturated carbocycles. The molecule has 0 fully saturated rings. The lowest BCUT2D eigenvalue weighted by Crippen LogP contribution is -1.97. The van der Waals surface area contributed by atoms with E-state index in [1.807, 2.05) is 11.6 Å². The highest BCUT2D eigenvalue weighted by Gasteiger charge is 2.05. The molecule has 1 N–H and O–H groups in total. The van der Waals surface area contributed by atoms with E-state index in [9.17, 15) is 0 Å². The first-order valence-corrected chi connectivity index (χ1v) is 6.39. The number of aromatic nitrogens is 2.